The minimum atomic E-state index is 0.764. The molecule has 1 nitrogen and oxygen atoms in total. The molecular weight excluding hydrogens is 268 g/mol. The summed E-state index contributed by atoms with van der Waals surface area (Å²) in [6, 6.07) is 8.57. The number of allylic oxidation sites excluding steroid dienone is 2. The molecule has 0 aliphatic rings. The highest BCUT2D eigenvalue weighted by Crippen LogP contribution is 2.37. The van der Waals surface area contributed by atoms with Crippen LogP contribution in [0.2, 0.25) is 0 Å². The number of hydrogen-bond donors (Lipinski definition) is 0. The van der Waals surface area contributed by atoms with Gasteiger partial charge in [-0.05, 0) is 36.3 Å². The number of benzene rings is 2. The first-order valence-corrected chi connectivity index (χ1v) is 8.20. The van der Waals surface area contributed by atoms with E-state index < -0.39 is 0 Å². The monoisotopic (exact) mass is 294 g/mol. The van der Waals surface area contributed by atoms with Crippen molar-refractivity contribution in [2.75, 3.05) is 6.61 Å². The first-order chi connectivity index (χ1) is 10.7. The summed E-state index contributed by atoms with van der Waals surface area (Å²) in [5.74, 6) is 1.01. The molecule has 0 atom stereocenters. The fourth-order valence-electron chi connectivity index (χ4n) is 2.92. The molecule has 0 amide bonds. The summed E-state index contributed by atoms with van der Waals surface area (Å²) < 4.78 is 6.18. The summed E-state index contributed by atoms with van der Waals surface area (Å²) in [7, 11) is 0. The summed E-state index contributed by atoms with van der Waals surface area (Å²) >= 11 is 0. The number of hydrogen-bond acceptors (Lipinski definition) is 1. The molecule has 0 aromatic heterocycles. The topological polar surface area (TPSA) is 9.23 Å². The van der Waals surface area contributed by atoms with Crippen LogP contribution in [0.4, 0.5) is 0 Å². The first-order valence-electron chi connectivity index (χ1n) is 8.20. The predicted octanol–water partition coefficient (Wildman–Crippen LogP) is 6.09. The van der Waals surface area contributed by atoms with Gasteiger partial charge in [0.2, 0.25) is 0 Å². The number of ether oxygens (including phenoxy) is 1. The molecule has 2 rings (SSSR count). The number of rotatable bonds is 7. The van der Waals surface area contributed by atoms with Crippen LogP contribution >= 0.6 is 0 Å². The van der Waals surface area contributed by atoms with Crippen LogP contribution in [0.15, 0.2) is 43.0 Å². The number of aryl methyl sites for hydroxylation is 1. The molecular formula is C21H26O. The van der Waals surface area contributed by atoms with E-state index in [0.29, 0.717) is 0 Å². The molecule has 2 aromatic carbocycles. The van der Waals surface area contributed by atoms with E-state index in [-0.39, 0.29) is 0 Å². The van der Waals surface area contributed by atoms with Crippen molar-refractivity contribution in [3.8, 4) is 5.75 Å². The van der Waals surface area contributed by atoms with Crippen molar-refractivity contribution in [3.05, 3.63) is 59.7 Å². The van der Waals surface area contributed by atoms with E-state index in [9.17, 15) is 0 Å². The van der Waals surface area contributed by atoms with E-state index in [2.05, 4.69) is 57.7 Å². The third-order valence-corrected chi connectivity index (χ3v) is 4.09. The van der Waals surface area contributed by atoms with Crippen LogP contribution in [0.3, 0.4) is 0 Å². The van der Waals surface area contributed by atoms with Crippen molar-refractivity contribution in [3.63, 3.8) is 0 Å². The lowest BCUT2D eigenvalue weighted by Gasteiger charge is -2.18. The van der Waals surface area contributed by atoms with Crippen LogP contribution in [-0.2, 0) is 6.42 Å². The smallest absolute Gasteiger partial charge is 0.134 e. The minimum Gasteiger partial charge on any atom is -0.492 e. The van der Waals surface area contributed by atoms with E-state index in [1.54, 1.807) is 0 Å². The zero-order chi connectivity index (χ0) is 15.9. The lowest BCUT2D eigenvalue weighted by molar-refractivity contribution is 0.312. The van der Waals surface area contributed by atoms with Crippen molar-refractivity contribution in [1.29, 1.82) is 0 Å². The number of unbranched alkanes of at least 4 members (excludes halogenated alkanes) is 1. The zero-order valence-electron chi connectivity index (χ0n) is 14.0. The van der Waals surface area contributed by atoms with Crippen molar-refractivity contribution in [2.24, 2.45) is 0 Å². The van der Waals surface area contributed by atoms with Gasteiger partial charge in [-0.15, -0.1) is 0 Å². The van der Waals surface area contributed by atoms with Gasteiger partial charge >= 0.3 is 0 Å². The zero-order valence-corrected chi connectivity index (χ0v) is 14.0. The van der Waals surface area contributed by atoms with Crippen LogP contribution in [0, 0.1) is 6.92 Å². The van der Waals surface area contributed by atoms with E-state index in [1.807, 2.05) is 12.2 Å². The Kier molecular flexibility index (Phi) is 5.83. The molecule has 0 aliphatic heterocycles. The van der Waals surface area contributed by atoms with Gasteiger partial charge in [0.25, 0.3) is 0 Å². The Morgan fingerprint density at radius 3 is 2.50 bits per heavy atom. The normalized spacial score (nSPS) is 11.2. The average Bonchev–Trinajstić information content (AvgIpc) is 2.54. The Bertz CT molecular complexity index is 680. The van der Waals surface area contributed by atoms with Gasteiger partial charge in [-0.25, -0.2) is 0 Å². The maximum Gasteiger partial charge on any atom is 0.134 e. The second-order valence-electron chi connectivity index (χ2n) is 5.54. The molecule has 0 saturated heterocycles. The highest BCUT2D eigenvalue weighted by Gasteiger charge is 2.15. The molecule has 2 aromatic rings. The molecule has 0 fully saturated rings. The van der Waals surface area contributed by atoms with Gasteiger partial charge in [0, 0.05) is 10.9 Å². The highest BCUT2D eigenvalue weighted by atomic mass is 16.5. The van der Waals surface area contributed by atoms with E-state index in [4.69, 9.17) is 4.74 Å². The fourth-order valence-corrected chi connectivity index (χ4v) is 2.92. The van der Waals surface area contributed by atoms with E-state index in [0.717, 1.165) is 31.6 Å². The van der Waals surface area contributed by atoms with Gasteiger partial charge in [-0.3, -0.25) is 0 Å². The van der Waals surface area contributed by atoms with Crippen LogP contribution in [0.25, 0.3) is 16.8 Å². The summed E-state index contributed by atoms with van der Waals surface area (Å²) in [5, 5.41) is 2.52. The summed E-state index contributed by atoms with van der Waals surface area (Å²) in [4.78, 5) is 0. The maximum atomic E-state index is 6.18. The first kappa shape index (κ1) is 16.4. The molecule has 0 aliphatic carbocycles. The molecule has 0 N–H and O–H groups in total. The third-order valence-electron chi connectivity index (χ3n) is 4.09. The minimum absolute atomic E-state index is 0.764. The highest BCUT2D eigenvalue weighted by molar-refractivity contribution is 5.96. The second kappa shape index (κ2) is 7.84. The third kappa shape index (κ3) is 3.24. The Morgan fingerprint density at radius 2 is 1.86 bits per heavy atom. The van der Waals surface area contributed by atoms with Gasteiger partial charge < -0.3 is 4.74 Å². The van der Waals surface area contributed by atoms with Crippen LogP contribution < -0.4 is 4.74 Å². The lowest BCUT2D eigenvalue weighted by atomic mass is 9.92. The van der Waals surface area contributed by atoms with Gasteiger partial charge in [0.1, 0.15) is 5.75 Å². The largest absolute Gasteiger partial charge is 0.492 e. The Balaban J connectivity index is 2.69. The standard InChI is InChI=1S/C21H26O/c1-5-8-12-18-16(4)17(7-3)19-13-10-11-14-20(19)21(18)22-15-9-6-2/h5,8,10-14H,1,6-7,9,15H2,2-4H3/b12-8-. The van der Waals surface area contributed by atoms with Crippen molar-refractivity contribution < 1.29 is 4.74 Å². The van der Waals surface area contributed by atoms with Crippen molar-refractivity contribution >= 4 is 16.8 Å². The van der Waals surface area contributed by atoms with Gasteiger partial charge in [0.15, 0.2) is 0 Å². The summed E-state index contributed by atoms with van der Waals surface area (Å²) in [5.41, 5.74) is 3.90. The molecule has 22 heavy (non-hydrogen) atoms. The van der Waals surface area contributed by atoms with Gasteiger partial charge in [-0.1, -0.05) is 69.3 Å². The lowest BCUT2D eigenvalue weighted by Crippen LogP contribution is -2.03. The van der Waals surface area contributed by atoms with Crippen LogP contribution in [0.5, 0.6) is 5.75 Å². The van der Waals surface area contributed by atoms with Crippen molar-refractivity contribution in [1.82, 2.24) is 0 Å². The predicted molar refractivity (Wildman–Crippen MR) is 97.7 cm³/mol. The molecule has 116 valence electrons. The van der Waals surface area contributed by atoms with Crippen LogP contribution in [-0.4, -0.2) is 6.61 Å². The maximum absolute atomic E-state index is 6.18. The summed E-state index contributed by atoms with van der Waals surface area (Å²) in [6.07, 6.45) is 9.17. The Hall–Kier alpha value is -2.02. The van der Waals surface area contributed by atoms with Crippen LogP contribution in [0.1, 0.15) is 43.4 Å². The molecule has 1 heteroatoms. The second-order valence-corrected chi connectivity index (χ2v) is 5.54. The molecule has 0 heterocycles. The Morgan fingerprint density at radius 1 is 1.14 bits per heavy atom. The summed E-state index contributed by atoms with van der Waals surface area (Å²) in [6.45, 7) is 11.1. The Labute approximate surface area is 134 Å². The van der Waals surface area contributed by atoms with Crippen molar-refractivity contribution in [2.45, 2.75) is 40.0 Å². The van der Waals surface area contributed by atoms with E-state index >= 15 is 0 Å². The number of fused-ring (bicyclic) bond motifs is 1. The molecule has 0 bridgehead atoms. The van der Waals surface area contributed by atoms with Gasteiger partial charge in [-0.2, -0.15) is 0 Å². The van der Waals surface area contributed by atoms with Gasteiger partial charge in [0.05, 0.1) is 6.61 Å². The van der Waals surface area contributed by atoms with E-state index in [1.165, 1.54) is 27.5 Å². The quantitative estimate of drug-likeness (QED) is 0.443. The molecule has 0 radical (unpaired) electrons. The fraction of sp³-hybridized carbons (Fsp3) is 0.333. The molecule has 0 saturated carbocycles. The SMILES string of the molecule is C=C/C=C\c1c(C)c(CC)c2ccccc2c1OCCCC. The average molecular weight is 294 g/mol. The molecule has 0 spiro atoms. The molecule has 0 unspecified atom stereocenters.